The molecule has 0 spiro atoms. The Balaban J connectivity index is 1.20. The molecule has 46 heavy (non-hydrogen) atoms. The fraction of sp³-hybridized carbons (Fsp3) is 0.548. The van der Waals surface area contributed by atoms with E-state index >= 15 is 0 Å². The molecule has 1 saturated heterocycles. The van der Waals surface area contributed by atoms with Crippen LogP contribution >= 0.6 is 11.6 Å². The number of hydrogen-bond donors (Lipinski definition) is 1. The van der Waals surface area contributed by atoms with Crippen LogP contribution in [0.4, 0.5) is 11.6 Å². The van der Waals surface area contributed by atoms with Crippen molar-refractivity contribution in [1.29, 1.82) is 0 Å². The number of methoxy groups -OCH3 is 1. The van der Waals surface area contributed by atoms with Crippen molar-refractivity contribution in [2.75, 3.05) is 51.9 Å². The van der Waals surface area contributed by atoms with Crippen molar-refractivity contribution in [1.82, 2.24) is 44.9 Å². The molecular weight excluding hydrogens is 612 g/mol. The van der Waals surface area contributed by atoms with Gasteiger partial charge in [-0.25, -0.2) is 19.3 Å². The van der Waals surface area contributed by atoms with Crippen LogP contribution in [0.1, 0.15) is 45.4 Å². The molecule has 1 atom stereocenters. The van der Waals surface area contributed by atoms with E-state index in [1.54, 1.807) is 36.6 Å². The van der Waals surface area contributed by atoms with Crippen molar-refractivity contribution in [3.63, 3.8) is 0 Å². The monoisotopic (exact) mass is 652 g/mol. The SMILES string of the molecule is COCCCOc1nn(C2(N3CCOCC3)CCCCC2)cc1Nc1ncc(-c2ccc(Cl)c(OC(C)Cn3cnnn3)c2)cn1. The third-order valence-electron chi connectivity index (χ3n) is 8.42. The van der Waals surface area contributed by atoms with Crippen LogP contribution in [0.2, 0.25) is 5.02 Å². The minimum absolute atomic E-state index is 0.207. The summed E-state index contributed by atoms with van der Waals surface area (Å²) in [6.45, 7) is 6.74. The standard InChI is InChI=1S/C31H41ClN10O4/c1-23(20-41-22-35-38-39-41)46-28-17-24(7-8-26(28)32)25-18-33-30(34-19-25)36-27-21-42(37-29(27)45-14-6-13-43-2)31(9-4-3-5-10-31)40-11-15-44-16-12-40/h7-8,17-19,21-23H,3-6,9-16,20H2,1-2H3,(H,33,34,36). The second-order valence-corrected chi connectivity index (χ2v) is 12.1. The van der Waals surface area contributed by atoms with E-state index in [0.717, 1.165) is 75.2 Å². The van der Waals surface area contributed by atoms with Gasteiger partial charge < -0.3 is 24.3 Å². The zero-order valence-electron chi connectivity index (χ0n) is 26.3. The van der Waals surface area contributed by atoms with Crippen LogP contribution in [-0.4, -0.2) is 97.6 Å². The van der Waals surface area contributed by atoms with Gasteiger partial charge in [0.15, 0.2) is 0 Å². The molecule has 15 heteroatoms. The number of tetrazole rings is 1. The van der Waals surface area contributed by atoms with Crippen molar-refractivity contribution >= 4 is 23.2 Å². The molecule has 1 saturated carbocycles. The summed E-state index contributed by atoms with van der Waals surface area (Å²) in [6.07, 6.45) is 13.3. The van der Waals surface area contributed by atoms with Gasteiger partial charge in [0.1, 0.15) is 29.5 Å². The molecule has 4 aromatic rings. The van der Waals surface area contributed by atoms with Crippen molar-refractivity contribution in [3.05, 3.63) is 48.1 Å². The van der Waals surface area contributed by atoms with Crippen molar-refractivity contribution in [2.24, 2.45) is 0 Å². The number of morpholine rings is 1. The first kappa shape index (κ1) is 32.1. The topological polar surface area (TPSA) is 139 Å². The van der Waals surface area contributed by atoms with E-state index in [1.165, 1.54) is 6.42 Å². The van der Waals surface area contributed by atoms with Crippen LogP contribution in [0.25, 0.3) is 11.1 Å². The number of nitrogens with one attached hydrogen (secondary N) is 1. The fourth-order valence-electron chi connectivity index (χ4n) is 6.14. The van der Waals surface area contributed by atoms with Gasteiger partial charge in [0.2, 0.25) is 5.95 Å². The predicted octanol–water partition coefficient (Wildman–Crippen LogP) is 4.56. The van der Waals surface area contributed by atoms with Crippen LogP contribution in [0.3, 0.4) is 0 Å². The van der Waals surface area contributed by atoms with E-state index in [4.69, 9.17) is 35.6 Å². The molecule has 4 heterocycles. The lowest BCUT2D eigenvalue weighted by Gasteiger charge is -2.47. The van der Waals surface area contributed by atoms with E-state index in [9.17, 15) is 0 Å². The highest BCUT2D eigenvalue weighted by Crippen LogP contribution is 2.41. The lowest BCUT2D eigenvalue weighted by Crippen LogP contribution is -2.56. The second-order valence-electron chi connectivity index (χ2n) is 11.7. The fourth-order valence-corrected chi connectivity index (χ4v) is 6.30. The Morgan fingerprint density at radius 1 is 1.07 bits per heavy atom. The van der Waals surface area contributed by atoms with E-state index in [1.807, 2.05) is 25.3 Å². The Morgan fingerprint density at radius 2 is 1.87 bits per heavy atom. The summed E-state index contributed by atoms with van der Waals surface area (Å²) in [5.74, 6) is 1.52. The molecule has 6 rings (SSSR count). The summed E-state index contributed by atoms with van der Waals surface area (Å²) in [5, 5.41) is 20.1. The molecule has 1 unspecified atom stereocenters. The molecule has 1 N–H and O–H groups in total. The van der Waals surface area contributed by atoms with Crippen molar-refractivity contribution in [2.45, 2.75) is 63.8 Å². The normalized spacial score (nSPS) is 17.5. The molecule has 1 aromatic carbocycles. The Hall–Kier alpha value is -3.85. The summed E-state index contributed by atoms with van der Waals surface area (Å²) in [7, 11) is 1.69. The second kappa shape index (κ2) is 15.2. The van der Waals surface area contributed by atoms with Gasteiger partial charge in [0, 0.05) is 51.2 Å². The number of ether oxygens (including phenoxy) is 4. The molecule has 3 aromatic heterocycles. The van der Waals surface area contributed by atoms with Gasteiger partial charge in [-0.1, -0.05) is 24.1 Å². The summed E-state index contributed by atoms with van der Waals surface area (Å²) >= 11 is 6.46. The number of rotatable bonds is 14. The first-order chi connectivity index (χ1) is 22.5. The van der Waals surface area contributed by atoms with Crippen molar-refractivity contribution in [3.8, 4) is 22.8 Å². The van der Waals surface area contributed by atoms with Crippen molar-refractivity contribution < 1.29 is 18.9 Å². The van der Waals surface area contributed by atoms with Gasteiger partial charge in [-0.2, -0.15) is 0 Å². The van der Waals surface area contributed by atoms with E-state index in [2.05, 4.69) is 40.4 Å². The van der Waals surface area contributed by atoms with Gasteiger partial charge in [-0.3, -0.25) is 4.90 Å². The number of anilines is 2. The van der Waals surface area contributed by atoms with Crippen LogP contribution < -0.4 is 14.8 Å². The summed E-state index contributed by atoms with van der Waals surface area (Å²) in [4.78, 5) is 11.8. The molecule has 0 amide bonds. The number of aromatic nitrogens is 8. The molecule has 2 fully saturated rings. The third-order valence-corrected chi connectivity index (χ3v) is 8.73. The lowest BCUT2D eigenvalue weighted by atomic mass is 9.87. The molecule has 14 nitrogen and oxygen atoms in total. The highest BCUT2D eigenvalue weighted by Gasteiger charge is 2.42. The maximum absolute atomic E-state index is 6.46. The first-order valence-electron chi connectivity index (χ1n) is 15.9. The minimum Gasteiger partial charge on any atom is -0.487 e. The van der Waals surface area contributed by atoms with Crippen LogP contribution in [-0.2, 0) is 21.7 Å². The maximum Gasteiger partial charge on any atom is 0.257 e. The maximum atomic E-state index is 6.46. The highest BCUT2D eigenvalue weighted by molar-refractivity contribution is 6.32. The molecule has 2 aliphatic rings. The molecule has 1 aliphatic carbocycles. The minimum atomic E-state index is -0.213. The molecule has 0 bridgehead atoms. The van der Waals surface area contributed by atoms with Gasteiger partial charge >= 0.3 is 0 Å². The van der Waals surface area contributed by atoms with Gasteiger partial charge in [0.25, 0.3) is 5.88 Å². The smallest absolute Gasteiger partial charge is 0.257 e. The zero-order chi connectivity index (χ0) is 31.8. The number of hydrogen-bond acceptors (Lipinski definition) is 12. The summed E-state index contributed by atoms with van der Waals surface area (Å²) < 4.78 is 26.9. The quantitative estimate of drug-likeness (QED) is 0.191. The average molecular weight is 653 g/mol. The largest absolute Gasteiger partial charge is 0.487 e. The van der Waals surface area contributed by atoms with E-state index < -0.39 is 0 Å². The lowest BCUT2D eigenvalue weighted by molar-refractivity contribution is -0.0836. The van der Waals surface area contributed by atoms with Gasteiger partial charge in [-0.05, 0) is 60.7 Å². The number of nitrogens with zero attached hydrogens (tertiary/aromatic N) is 9. The molecule has 0 radical (unpaired) electrons. The summed E-state index contributed by atoms with van der Waals surface area (Å²) in [5.41, 5.74) is 2.21. The Kier molecular flexibility index (Phi) is 10.6. The Morgan fingerprint density at radius 3 is 2.61 bits per heavy atom. The van der Waals surface area contributed by atoms with E-state index in [-0.39, 0.29) is 11.8 Å². The van der Waals surface area contributed by atoms with E-state index in [0.29, 0.717) is 42.4 Å². The third kappa shape index (κ3) is 7.57. The van der Waals surface area contributed by atoms with Crippen LogP contribution in [0, 0.1) is 0 Å². The average Bonchev–Trinajstić information content (AvgIpc) is 3.75. The Labute approximate surface area is 273 Å². The summed E-state index contributed by atoms with van der Waals surface area (Å²) in [6, 6.07) is 5.60. The van der Waals surface area contributed by atoms with Crippen LogP contribution in [0.15, 0.2) is 43.1 Å². The predicted molar refractivity (Wildman–Crippen MR) is 171 cm³/mol. The molecule has 246 valence electrons. The Bertz CT molecular complexity index is 1520. The molecule has 1 aliphatic heterocycles. The van der Waals surface area contributed by atoms with Crippen LogP contribution in [0.5, 0.6) is 11.6 Å². The zero-order valence-corrected chi connectivity index (χ0v) is 27.1. The van der Waals surface area contributed by atoms with Gasteiger partial charge in [0.05, 0.1) is 37.6 Å². The number of benzene rings is 1. The number of halogens is 1. The highest BCUT2D eigenvalue weighted by atomic mass is 35.5. The first-order valence-corrected chi connectivity index (χ1v) is 16.2. The molecular formula is C31H41ClN10O4. The van der Waals surface area contributed by atoms with Gasteiger partial charge in [-0.15, -0.1) is 10.2 Å².